The first-order valence-corrected chi connectivity index (χ1v) is 2.95. The highest BCUT2D eigenvalue weighted by Crippen LogP contribution is 1.89. The molecular weight excluding hydrogens is 148 g/mol. The normalized spacial score (nSPS) is 7.36. The lowest BCUT2D eigenvalue weighted by Gasteiger charge is -1.92. The van der Waals surface area contributed by atoms with E-state index in [1.54, 1.807) is 0 Å². The summed E-state index contributed by atoms with van der Waals surface area (Å²) in [7, 11) is 1.23. The molecule has 0 atom stereocenters. The van der Waals surface area contributed by atoms with Crippen LogP contribution in [0.15, 0.2) is 13.2 Å². The Morgan fingerprint density at radius 2 is 1.82 bits per heavy atom. The average molecular weight is 160 g/mol. The van der Waals surface area contributed by atoms with E-state index in [9.17, 15) is 9.59 Å². The number of rotatable bonds is 3. The summed E-state index contributed by atoms with van der Waals surface area (Å²) in [5.74, 6) is -1.47. The van der Waals surface area contributed by atoms with Gasteiger partial charge in [0.2, 0.25) is 0 Å². The number of carbonyl (C=O) groups excluding carboxylic acids is 1. The average Bonchev–Trinajstić information content (AvgIpc) is 2.04. The molecule has 0 bridgehead atoms. The standard InChI is InChI=1S/C5H8O4.C2H4/c1-9-5(8)3-2-4(6)7;1-2/h2-3H2,1H3,(H,6,7);1-2H2. The zero-order chi connectivity index (χ0) is 9.28. The largest absolute Gasteiger partial charge is 0.481 e. The van der Waals surface area contributed by atoms with Gasteiger partial charge in [-0.2, -0.15) is 0 Å². The monoisotopic (exact) mass is 160 g/mol. The molecule has 1 N–H and O–H groups in total. The summed E-state index contributed by atoms with van der Waals surface area (Å²) < 4.78 is 4.20. The Balaban J connectivity index is 0. The molecule has 0 saturated carbocycles. The Hall–Kier alpha value is -1.32. The van der Waals surface area contributed by atoms with Gasteiger partial charge in [-0.15, -0.1) is 13.2 Å². The number of carboxylic acids is 1. The lowest BCUT2D eigenvalue weighted by Crippen LogP contribution is -2.04. The van der Waals surface area contributed by atoms with Crippen molar-refractivity contribution in [3.8, 4) is 0 Å². The molecule has 0 spiro atoms. The van der Waals surface area contributed by atoms with Crippen molar-refractivity contribution in [2.75, 3.05) is 7.11 Å². The van der Waals surface area contributed by atoms with Crippen molar-refractivity contribution >= 4 is 11.9 Å². The topological polar surface area (TPSA) is 63.6 Å². The van der Waals surface area contributed by atoms with Crippen LogP contribution in [0.1, 0.15) is 12.8 Å². The molecule has 0 aliphatic carbocycles. The summed E-state index contributed by atoms with van der Waals surface area (Å²) >= 11 is 0. The van der Waals surface area contributed by atoms with Crippen LogP contribution < -0.4 is 0 Å². The van der Waals surface area contributed by atoms with E-state index in [0.717, 1.165) is 0 Å². The molecule has 4 nitrogen and oxygen atoms in total. The Labute approximate surface area is 65.5 Å². The van der Waals surface area contributed by atoms with Crippen LogP contribution in [0, 0.1) is 0 Å². The summed E-state index contributed by atoms with van der Waals surface area (Å²) in [5, 5.41) is 8.05. The zero-order valence-electron chi connectivity index (χ0n) is 6.50. The van der Waals surface area contributed by atoms with Gasteiger partial charge in [-0.05, 0) is 0 Å². The minimum Gasteiger partial charge on any atom is -0.481 e. The van der Waals surface area contributed by atoms with E-state index in [2.05, 4.69) is 17.9 Å². The number of ether oxygens (including phenoxy) is 1. The van der Waals surface area contributed by atoms with Crippen molar-refractivity contribution in [3.05, 3.63) is 13.2 Å². The van der Waals surface area contributed by atoms with Gasteiger partial charge in [0.1, 0.15) is 0 Å². The molecular formula is C7H12O4. The molecule has 0 aliphatic rings. The lowest BCUT2D eigenvalue weighted by molar-refractivity contribution is -0.145. The van der Waals surface area contributed by atoms with Gasteiger partial charge >= 0.3 is 11.9 Å². The summed E-state index contributed by atoms with van der Waals surface area (Å²) in [6.07, 6.45) is -0.210. The van der Waals surface area contributed by atoms with Crippen LogP contribution in [0.3, 0.4) is 0 Å². The van der Waals surface area contributed by atoms with Gasteiger partial charge < -0.3 is 9.84 Å². The SMILES string of the molecule is C=C.COC(=O)CCC(=O)O. The maximum absolute atomic E-state index is 10.2. The third kappa shape index (κ3) is 12.0. The van der Waals surface area contributed by atoms with Crippen LogP contribution in [0.4, 0.5) is 0 Å². The highest BCUT2D eigenvalue weighted by atomic mass is 16.5. The highest BCUT2D eigenvalue weighted by molar-refractivity contribution is 5.76. The van der Waals surface area contributed by atoms with Crippen LogP contribution >= 0.6 is 0 Å². The molecule has 4 heteroatoms. The second-order valence-corrected chi connectivity index (χ2v) is 1.47. The van der Waals surface area contributed by atoms with Crippen LogP contribution in [0.5, 0.6) is 0 Å². The Morgan fingerprint density at radius 1 is 1.36 bits per heavy atom. The second kappa shape index (κ2) is 8.68. The van der Waals surface area contributed by atoms with E-state index in [4.69, 9.17) is 5.11 Å². The maximum atomic E-state index is 10.2. The number of carbonyl (C=O) groups is 2. The third-order valence-electron chi connectivity index (χ3n) is 0.771. The summed E-state index contributed by atoms with van der Waals surface area (Å²) in [6, 6.07) is 0. The number of hydrogen-bond acceptors (Lipinski definition) is 3. The van der Waals surface area contributed by atoms with Gasteiger partial charge in [-0.25, -0.2) is 0 Å². The van der Waals surface area contributed by atoms with E-state index < -0.39 is 11.9 Å². The fourth-order valence-electron chi connectivity index (χ4n) is 0.311. The number of hydrogen-bond donors (Lipinski definition) is 1. The molecule has 0 rings (SSSR count). The molecule has 0 unspecified atom stereocenters. The van der Waals surface area contributed by atoms with E-state index in [1.165, 1.54) is 7.11 Å². The lowest BCUT2D eigenvalue weighted by atomic mass is 10.3. The van der Waals surface area contributed by atoms with E-state index in [1.807, 2.05) is 0 Å². The predicted octanol–water partition coefficient (Wildman–Crippen LogP) is 0.826. The van der Waals surface area contributed by atoms with Crippen LogP contribution in [-0.2, 0) is 14.3 Å². The van der Waals surface area contributed by atoms with Crippen LogP contribution in [0.2, 0.25) is 0 Å². The molecule has 0 amide bonds. The fourth-order valence-corrected chi connectivity index (χ4v) is 0.311. The molecule has 0 fully saturated rings. The molecule has 0 heterocycles. The molecule has 0 aromatic heterocycles. The van der Waals surface area contributed by atoms with Gasteiger partial charge in [0.05, 0.1) is 20.0 Å². The van der Waals surface area contributed by atoms with Crippen molar-refractivity contribution in [2.24, 2.45) is 0 Å². The van der Waals surface area contributed by atoms with Crippen molar-refractivity contribution < 1.29 is 19.4 Å². The van der Waals surface area contributed by atoms with Gasteiger partial charge in [0.25, 0.3) is 0 Å². The molecule has 0 aliphatic heterocycles. The number of carboxylic acid groups (broad SMARTS) is 1. The fraction of sp³-hybridized carbons (Fsp3) is 0.429. The molecule has 0 aromatic carbocycles. The van der Waals surface area contributed by atoms with E-state index in [0.29, 0.717) is 0 Å². The molecule has 64 valence electrons. The maximum Gasteiger partial charge on any atom is 0.306 e. The third-order valence-corrected chi connectivity index (χ3v) is 0.771. The van der Waals surface area contributed by atoms with Crippen LogP contribution in [-0.4, -0.2) is 24.2 Å². The Bertz CT molecular complexity index is 130. The number of aliphatic carboxylic acids is 1. The molecule has 0 aromatic rings. The number of esters is 1. The number of methoxy groups -OCH3 is 1. The summed E-state index contributed by atoms with van der Waals surface area (Å²) in [5.41, 5.74) is 0. The minimum atomic E-state index is -0.986. The Morgan fingerprint density at radius 3 is 2.09 bits per heavy atom. The second-order valence-electron chi connectivity index (χ2n) is 1.47. The quantitative estimate of drug-likeness (QED) is 0.490. The summed E-state index contributed by atoms with van der Waals surface area (Å²) in [6.45, 7) is 6.00. The van der Waals surface area contributed by atoms with E-state index >= 15 is 0 Å². The van der Waals surface area contributed by atoms with E-state index in [-0.39, 0.29) is 12.8 Å². The zero-order valence-corrected chi connectivity index (χ0v) is 6.50. The molecule has 11 heavy (non-hydrogen) atoms. The highest BCUT2D eigenvalue weighted by Gasteiger charge is 2.02. The minimum absolute atomic E-state index is 0.0498. The first-order valence-electron chi connectivity index (χ1n) is 2.95. The van der Waals surface area contributed by atoms with Crippen molar-refractivity contribution in [3.63, 3.8) is 0 Å². The van der Waals surface area contributed by atoms with Gasteiger partial charge in [0, 0.05) is 0 Å². The Kier molecular flexibility index (Phi) is 9.76. The van der Waals surface area contributed by atoms with Gasteiger partial charge in [-0.1, -0.05) is 0 Å². The van der Waals surface area contributed by atoms with Crippen molar-refractivity contribution in [1.29, 1.82) is 0 Å². The molecule has 0 radical (unpaired) electrons. The van der Waals surface area contributed by atoms with Crippen molar-refractivity contribution in [2.45, 2.75) is 12.8 Å². The summed E-state index contributed by atoms with van der Waals surface area (Å²) in [4.78, 5) is 20.0. The van der Waals surface area contributed by atoms with Gasteiger partial charge in [0.15, 0.2) is 0 Å². The van der Waals surface area contributed by atoms with Gasteiger partial charge in [-0.3, -0.25) is 9.59 Å². The first kappa shape index (κ1) is 12.4. The predicted molar refractivity (Wildman–Crippen MR) is 40.1 cm³/mol. The molecule has 0 saturated heterocycles. The smallest absolute Gasteiger partial charge is 0.306 e. The van der Waals surface area contributed by atoms with Crippen molar-refractivity contribution in [1.82, 2.24) is 0 Å². The van der Waals surface area contributed by atoms with Crippen LogP contribution in [0.25, 0.3) is 0 Å². The first-order chi connectivity index (χ1) is 5.16.